The molecule has 1 amide bonds. The largest absolute Gasteiger partial charge is 0.504 e. The number of phenols is 1. The van der Waals surface area contributed by atoms with E-state index in [4.69, 9.17) is 4.74 Å². The molecule has 1 heterocycles. The van der Waals surface area contributed by atoms with Crippen LogP contribution in [-0.4, -0.2) is 18.1 Å². The van der Waals surface area contributed by atoms with Crippen molar-refractivity contribution >= 4 is 61.8 Å². The maximum Gasteiger partial charge on any atom is 0.256 e. The van der Waals surface area contributed by atoms with E-state index in [0.29, 0.717) is 16.9 Å². The quantitative estimate of drug-likeness (QED) is 0.508. The van der Waals surface area contributed by atoms with Crippen molar-refractivity contribution in [3.63, 3.8) is 0 Å². The lowest BCUT2D eigenvalue weighted by Gasteiger charge is -2.08. The van der Waals surface area contributed by atoms with Gasteiger partial charge in [0.25, 0.3) is 5.91 Å². The van der Waals surface area contributed by atoms with Crippen molar-refractivity contribution in [3.8, 4) is 11.5 Å². The maximum absolute atomic E-state index is 12.2. The fourth-order valence-corrected chi connectivity index (χ4v) is 3.26. The molecule has 4 nitrogen and oxygen atoms in total. The molecule has 0 saturated heterocycles. The molecule has 2 aromatic carbocycles. The van der Waals surface area contributed by atoms with Crippen LogP contribution in [0.3, 0.4) is 0 Å². The fraction of sp³-hybridized carbons (Fsp3) is 0.0625. The standard InChI is InChI=1S/C16H11BrINO3/c1-22-14-6-9(17)4-8(15(14)20)5-12-11-7-10(18)2-3-13(11)19-16(12)21/h2-7,20H,1H3,(H,19,21). The molecule has 2 aromatic rings. The molecule has 0 aromatic heterocycles. The summed E-state index contributed by atoms with van der Waals surface area (Å²) < 4.78 is 6.93. The summed E-state index contributed by atoms with van der Waals surface area (Å²) in [6, 6.07) is 9.15. The van der Waals surface area contributed by atoms with Crippen LogP contribution in [0.4, 0.5) is 5.69 Å². The van der Waals surface area contributed by atoms with Crippen molar-refractivity contribution in [3.05, 3.63) is 49.5 Å². The van der Waals surface area contributed by atoms with Crippen LogP contribution in [0.1, 0.15) is 11.1 Å². The van der Waals surface area contributed by atoms with Gasteiger partial charge in [0.05, 0.1) is 7.11 Å². The van der Waals surface area contributed by atoms with Gasteiger partial charge in [-0.1, -0.05) is 15.9 Å². The lowest BCUT2D eigenvalue weighted by atomic mass is 10.0. The summed E-state index contributed by atoms with van der Waals surface area (Å²) in [6.45, 7) is 0. The Labute approximate surface area is 149 Å². The van der Waals surface area contributed by atoms with E-state index < -0.39 is 0 Å². The predicted molar refractivity (Wildman–Crippen MR) is 98.0 cm³/mol. The molecule has 0 unspecified atom stereocenters. The number of hydrogen-bond acceptors (Lipinski definition) is 3. The predicted octanol–water partition coefficient (Wildman–Crippen LogP) is 4.26. The monoisotopic (exact) mass is 471 g/mol. The van der Waals surface area contributed by atoms with E-state index in [1.807, 2.05) is 18.2 Å². The molecule has 2 N–H and O–H groups in total. The third kappa shape index (κ3) is 2.72. The molecule has 0 fully saturated rings. The number of halogens is 2. The number of amides is 1. The highest BCUT2D eigenvalue weighted by Gasteiger charge is 2.24. The molecule has 3 rings (SSSR count). The van der Waals surface area contributed by atoms with Gasteiger partial charge in [0.2, 0.25) is 0 Å². The first-order valence-electron chi connectivity index (χ1n) is 6.39. The van der Waals surface area contributed by atoms with Crippen LogP contribution < -0.4 is 10.1 Å². The smallest absolute Gasteiger partial charge is 0.256 e. The van der Waals surface area contributed by atoms with Gasteiger partial charge >= 0.3 is 0 Å². The van der Waals surface area contributed by atoms with Crippen molar-refractivity contribution < 1.29 is 14.6 Å². The van der Waals surface area contributed by atoms with Crippen molar-refractivity contribution in [1.82, 2.24) is 0 Å². The average molecular weight is 472 g/mol. The Morgan fingerprint density at radius 2 is 2.09 bits per heavy atom. The highest BCUT2D eigenvalue weighted by atomic mass is 127. The molecule has 1 aliphatic rings. The van der Waals surface area contributed by atoms with Crippen LogP contribution in [0.15, 0.2) is 34.8 Å². The van der Waals surface area contributed by atoms with Gasteiger partial charge in [-0.05, 0) is 59.0 Å². The minimum Gasteiger partial charge on any atom is -0.504 e. The topological polar surface area (TPSA) is 58.6 Å². The summed E-state index contributed by atoms with van der Waals surface area (Å²) in [5.74, 6) is 0.169. The number of ether oxygens (including phenoxy) is 1. The number of hydrogen-bond donors (Lipinski definition) is 2. The number of anilines is 1. The first kappa shape index (κ1) is 15.4. The SMILES string of the molecule is COc1cc(Br)cc(C=C2C(=O)Nc3ccc(I)cc32)c1O. The van der Waals surface area contributed by atoms with Crippen molar-refractivity contribution in [2.24, 2.45) is 0 Å². The average Bonchev–Trinajstić information content (AvgIpc) is 2.78. The highest BCUT2D eigenvalue weighted by molar-refractivity contribution is 14.1. The summed E-state index contributed by atoms with van der Waals surface area (Å²) in [5.41, 5.74) is 2.64. The Balaban J connectivity index is 2.16. The van der Waals surface area contributed by atoms with E-state index in [1.54, 1.807) is 18.2 Å². The molecule has 0 atom stereocenters. The van der Waals surface area contributed by atoms with Gasteiger partial charge in [-0.25, -0.2) is 0 Å². The van der Waals surface area contributed by atoms with Crippen LogP contribution in [0, 0.1) is 3.57 Å². The Bertz CT molecular complexity index is 817. The summed E-state index contributed by atoms with van der Waals surface area (Å²) in [7, 11) is 1.48. The lowest BCUT2D eigenvalue weighted by molar-refractivity contribution is -0.110. The molecule has 0 radical (unpaired) electrons. The van der Waals surface area contributed by atoms with E-state index in [9.17, 15) is 9.90 Å². The number of methoxy groups -OCH3 is 1. The number of carbonyl (C=O) groups is 1. The zero-order chi connectivity index (χ0) is 15.9. The van der Waals surface area contributed by atoms with Crippen molar-refractivity contribution in [1.29, 1.82) is 0 Å². The van der Waals surface area contributed by atoms with E-state index in [1.165, 1.54) is 7.11 Å². The van der Waals surface area contributed by atoms with Gasteiger partial charge in [0.15, 0.2) is 11.5 Å². The number of fused-ring (bicyclic) bond motifs is 1. The second-order valence-corrected chi connectivity index (χ2v) is 6.91. The van der Waals surface area contributed by atoms with Gasteiger partial charge in [-0.15, -0.1) is 0 Å². The number of benzene rings is 2. The fourth-order valence-electron chi connectivity index (χ4n) is 2.32. The third-order valence-electron chi connectivity index (χ3n) is 3.35. The molecular formula is C16H11BrINO3. The van der Waals surface area contributed by atoms with E-state index >= 15 is 0 Å². The maximum atomic E-state index is 12.2. The van der Waals surface area contributed by atoms with Crippen LogP contribution in [0.5, 0.6) is 11.5 Å². The van der Waals surface area contributed by atoms with Crippen molar-refractivity contribution in [2.45, 2.75) is 0 Å². The third-order valence-corrected chi connectivity index (χ3v) is 4.48. The van der Waals surface area contributed by atoms with Crippen molar-refractivity contribution in [2.75, 3.05) is 12.4 Å². The molecule has 0 spiro atoms. The summed E-state index contributed by atoms with van der Waals surface area (Å²) >= 11 is 5.58. The molecule has 1 aliphatic heterocycles. The molecular weight excluding hydrogens is 461 g/mol. The number of carbonyl (C=O) groups excluding carboxylic acids is 1. The van der Waals surface area contributed by atoms with Gasteiger partial charge in [0.1, 0.15) is 0 Å². The van der Waals surface area contributed by atoms with Gasteiger partial charge in [-0.3, -0.25) is 4.79 Å². The summed E-state index contributed by atoms with van der Waals surface area (Å²) in [5, 5.41) is 13.1. The molecule has 0 saturated carbocycles. The van der Waals surface area contributed by atoms with Crippen LogP contribution in [0.25, 0.3) is 11.6 Å². The highest BCUT2D eigenvalue weighted by Crippen LogP contribution is 2.39. The Kier molecular flexibility index (Phi) is 4.14. The molecule has 112 valence electrons. The van der Waals surface area contributed by atoms with Crippen LogP contribution in [0.2, 0.25) is 0 Å². The Morgan fingerprint density at radius 1 is 1.32 bits per heavy atom. The second-order valence-electron chi connectivity index (χ2n) is 4.75. The van der Waals surface area contributed by atoms with Gasteiger partial charge in [0, 0.05) is 30.4 Å². The second kappa shape index (κ2) is 5.92. The lowest BCUT2D eigenvalue weighted by Crippen LogP contribution is -2.03. The first-order chi connectivity index (χ1) is 10.5. The van der Waals surface area contributed by atoms with E-state index in [-0.39, 0.29) is 11.7 Å². The van der Waals surface area contributed by atoms with E-state index in [0.717, 1.165) is 19.3 Å². The summed E-state index contributed by atoms with van der Waals surface area (Å²) in [4.78, 5) is 12.2. The number of aromatic hydroxyl groups is 1. The van der Waals surface area contributed by atoms with Crippen LogP contribution >= 0.6 is 38.5 Å². The van der Waals surface area contributed by atoms with Crippen LogP contribution in [-0.2, 0) is 4.79 Å². The number of rotatable bonds is 2. The minimum absolute atomic E-state index is 0.00470. The number of phenolic OH excluding ortho intramolecular Hbond substituents is 1. The molecule has 6 heteroatoms. The molecule has 0 aliphatic carbocycles. The molecule has 22 heavy (non-hydrogen) atoms. The number of nitrogens with one attached hydrogen (secondary N) is 1. The van der Waals surface area contributed by atoms with E-state index in [2.05, 4.69) is 43.8 Å². The van der Waals surface area contributed by atoms with Gasteiger partial charge in [-0.2, -0.15) is 0 Å². The summed E-state index contributed by atoms with van der Waals surface area (Å²) in [6.07, 6.45) is 1.67. The molecule has 0 bridgehead atoms. The normalized spacial score (nSPS) is 14.9. The Morgan fingerprint density at radius 3 is 2.82 bits per heavy atom. The zero-order valence-corrected chi connectivity index (χ0v) is 15.2. The zero-order valence-electron chi connectivity index (χ0n) is 11.5. The first-order valence-corrected chi connectivity index (χ1v) is 8.26. The van der Waals surface area contributed by atoms with Gasteiger partial charge < -0.3 is 15.2 Å². The Hall–Kier alpha value is -1.54. The minimum atomic E-state index is -0.185.